The average molecular weight is 441 g/mol. The molecule has 4 heterocycles. The number of nitrogens with zero attached hydrogens (tertiary/aromatic N) is 4. The Labute approximate surface area is 185 Å². The lowest BCUT2D eigenvalue weighted by molar-refractivity contribution is 0.0751. The van der Waals surface area contributed by atoms with Gasteiger partial charge in [-0.3, -0.25) is 4.79 Å². The highest BCUT2D eigenvalue weighted by Gasteiger charge is 2.28. The number of amides is 1. The van der Waals surface area contributed by atoms with Crippen LogP contribution in [0.5, 0.6) is 0 Å². The molecule has 1 saturated heterocycles. The Kier molecular flexibility index (Phi) is 5.50. The fourth-order valence-electron chi connectivity index (χ4n) is 4.46. The zero-order chi connectivity index (χ0) is 20.7. The second-order valence-corrected chi connectivity index (χ2v) is 10.4. The summed E-state index contributed by atoms with van der Waals surface area (Å²) in [5, 5.41) is 3.26. The van der Waals surface area contributed by atoms with Crippen molar-refractivity contribution in [3.05, 3.63) is 38.7 Å². The molecule has 1 atom stereocenters. The van der Waals surface area contributed by atoms with Crippen LogP contribution in [0.2, 0.25) is 0 Å². The first-order valence-corrected chi connectivity index (χ1v) is 12.7. The minimum Gasteiger partial charge on any atom is -0.352 e. The van der Waals surface area contributed by atoms with Gasteiger partial charge in [0.05, 0.1) is 10.3 Å². The third kappa shape index (κ3) is 3.52. The molecular formula is C23H28N4OS2. The minimum atomic E-state index is 0.158. The summed E-state index contributed by atoms with van der Waals surface area (Å²) in [4.78, 5) is 30.8. The summed E-state index contributed by atoms with van der Waals surface area (Å²) in [6, 6.07) is 3.87. The summed E-state index contributed by atoms with van der Waals surface area (Å²) in [5.41, 5.74) is 1.49. The number of aryl methyl sites for hydroxylation is 2. The van der Waals surface area contributed by atoms with Crippen LogP contribution >= 0.6 is 22.7 Å². The number of aromatic nitrogens is 2. The smallest absolute Gasteiger partial charge is 0.264 e. The average Bonchev–Trinajstić information content (AvgIpc) is 3.45. The van der Waals surface area contributed by atoms with E-state index in [2.05, 4.69) is 18.7 Å². The van der Waals surface area contributed by atoms with Crippen molar-refractivity contribution in [3.8, 4) is 0 Å². The van der Waals surface area contributed by atoms with E-state index in [1.54, 1.807) is 0 Å². The molecule has 0 saturated carbocycles. The molecule has 3 aromatic rings. The number of rotatable bonds is 4. The lowest BCUT2D eigenvalue weighted by Crippen LogP contribution is -2.49. The first kappa shape index (κ1) is 19.9. The lowest BCUT2D eigenvalue weighted by Gasteiger charge is -2.36. The normalized spacial score (nSPS) is 17.9. The van der Waals surface area contributed by atoms with Gasteiger partial charge in [0.15, 0.2) is 0 Å². The zero-order valence-electron chi connectivity index (χ0n) is 17.7. The van der Waals surface area contributed by atoms with Crippen molar-refractivity contribution in [2.24, 2.45) is 0 Å². The quantitative estimate of drug-likeness (QED) is 0.566. The van der Waals surface area contributed by atoms with Crippen molar-refractivity contribution in [3.63, 3.8) is 0 Å². The minimum absolute atomic E-state index is 0.158. The highest BCUT2D eigenvalue weighted by Crippen LogP contribution is 2.40. The molecule has 1 unspecified atom stereocenters. The second kappa shape index (κ2) is 8.27. The predicted octanol–water partition coefficient (Wildman–Crippen LogP) is 5.11. The fraction of sp³-hybridized carbons (Fsp3) is 0.522. The van der Waals surface area contributed by atoms with Crippen molar-refractivity contribution in [2.75, 3.05) is 31.1 Å². The molecule has 0 spiro atoms. The van der Waals surface area contributed by atoms with Crippen LogP contribution in [0, 0.1) is 0 Å². The standard InChI is InChI=1S/C23H28N4OS2/c1-3-15(2)20-24-21(19-16-7-4-5-8-17(16)30-22(19)25-20)26-10-12-27(13-11-26)23(28)18-9-6-14-29-18/h6,9,14-15H,3-5,7-8,10-13H2,1-2H3. The Morgan fingerprint density at radius 2 is 1.97 bits per heavy atom. The van der Waals surface area contributed by atoms with Crippen LogP contribution in [0.3, 0.4) is 0 Å². The molecule has 30 heavy (non-hydrogen) atoms. The number of piperazine rings is 1. The Morgan fingerprint density at radius 3 is 2.70 bits per heavy atom. The maximum Gasteiger partial charge on any atom is 0.264 e. The molecule has 0 radical (unpaired) electrons. The van der Waals surface area contributed by atoms with E-state index in [4.69, 9.17) is 9.97 Å². The fourth-order valence-corrected chi connectivity index (χ4v) is 6.42. The maximum absolute atomic E-state index is 12.7. The van der Waals surface area contributed by atoms with Gasteiger partial charge in [-0.05, 0) is 49.1 Å². The highest BCUT2D eigenvalue weighted by atomic mass is 32.1. The summed E-state index contributed by atoms with van der Waals surface area (Å²) in [6.45, 7) is 7.56. The van der Waals surface area contributed by atoms with Crippen LogP contribution in [0.4, 0.5) is 5.82 Å². The van der Waals surface area contributed by atoms with Crippen LogP contribution in [-0.4, -0.2) is 47.0 Å². The van der Waals surface area contributed by atoms with Gasteiger partial charge in [0.1, 0.15) is 16.5 Å². The second-order valence-electron chi connectivity index (χ2n) is 8.36. The molecule has 0 aromatic carbocycles. The third-order valence-electron chi connectivity index (χ3n) is 6.46. The third-order valence-corrected chi connectivity index (χ3v) is 8.51. The van der Waals surface area contributed by atoms with Crippen molar-refractivity contribution in [2.45, 2.75) is 51.9 Å². The Bertz CT molecular complexity index is 1050. The van der Waals surface area contributed by atoms with Crippen molar-refractivity contribution < 1.29 is 4.79 Å². The van der Waals surface area contributed by atoms with E-state index in [9.17, 15) is 4.79 Å². The summed E-state index contributed by atoms with van der Waals surface area (Å²) in [5.74, 6) is 2.59. The van der Waals surface area contributed by atoms with Gasteiger partial charge < -0.3 is 9.80 Å². The van der Waals surface area contributed by atoms with Gasteiger partial charge in [-0.15, -0.1) is 22.7 Å². The van der Waals surface area contributed by atoms with Crippen LogP contribution in [0.25, 0.3) is 10.2 Å². The first-order valence-electron chi connectivity index (χ1n) is 11.1. The summed E-state index contributed by atoms with van der Waals surface area (Å²) in [6.07, 6.45) is 5.90. The van der Waals surface area contributed by atoms with Gasteiger partial charge in [0.2, 0.25) is 0 Å². The van der Waals surface area contributed by atoms with Crippen molar-refractivity contribution >= 4 is 44.6 Å². The Balaban J connectivity index is 1.47. The number of hydrogen-bond donors (Lipinski definition) is 0. The molecule has 3 aromatic heterocycles. The molecule has 0 N–H and O–H groups in total. The van der Waals surface area contributed by atoms with Crippen molar-refractivity contribution in [1.82, 2.24) is 14.9 Å². The molecule has 1 amide bonds. The van der Waals surface area contributed by atoms with Gasteiger partial charge >= 0.3 is 0 Å². The van der Waals surface area contributed by atoms with Crippen LogP contribution < -0.4 is 4.90 Å². The SMILES string of the molecule is CCC(C)c1nc(N2CCN(C(=O)c3cccs3)CC2)c2c3c(sc2n1)CCCC3. The predicted molar refractivity (Wildman–Crippen MR) is 125 cm³/mol. The molecule has 1 fully saturated rings. The molecule has 5 rings (SSSR count). The van der Waals surface area contributed by atoms with Crippen LogP contribution in [0.15, 0.2) is 17.5 Å². The summed E-state index contributed by atoms with van der Waals surface area (Å²) >= 11 is 3.41. The summed E-state index contributed by atoms with van der Waals surface area (Å²) in [7, 11) is 0. The molecular weight excluding hydrogens is 412 g/mol. The van der Waals surface area contributed by atoms with Gasteiger partial charge in [-0.1, -0.05) is 19.9 Å². The first-order chi connectivity index (χ1) is 14.7. The topological polar surface area (TPSA) is 49.3 Å². The number of fused-ring (bicyclic) bond motifs is 3. The largest absolute Gasteiger partial charge is 0.352 e. The molecule has 2 aliphatic rings. The highest BCUT2D eigenvalue weighted by molar-refractivity contribution is 7.19. The van der Waals surface area contributed by atoms with E-state index < -0.39 is 0 Å². The molecule has 158 valence electrons. The van der Waals surface area contributed by atoms with Crippen LogP contribution in [-0.2, 0) is 12.8 Å². The van der Waals surface area contributed by atoms with Gasteiger partial charge in [0.25, 0.3) is 5.91 Å². The van der Waals surface area contributed by atoms with Gasteiger partial charge in [0, 0.05) is 37.0 Å². The molecule has 0 bridgehead atoms. The van der Waals surface area contributed by atoms with Crippen LogP contribution in [0.1, 0.15) is 65.0 Å². The van der Waals surface area contributed by atoms with Crippen molar-refractivity contribution in [1.29, 1.82) is 0 Å². The molecule has 1 aliphatic heterocycles. The van der Waals surface area contributed by atoms with Gasteiger partial charge in [-0.25, -0.2) is 9.97 Å². The number of hydrogen-bond acceptors (Lipinski definition) is 6. The Hall–Kier alpha value is -1.99. The van der Waals surface area contributed by atoms with E-state index in [0.717, 1.165) is 55.5 Å². The number of thiophene rings is 2. The van der Waals surface area contributed by atoms with E-state index >= 15 is 0 Å². The monoisotopic (exact) mass is 440 g/mol. The lowest BCUT2D eigenvalue weighted by atomic mass is 9.96. The molecule has 1 aliphatic carbocycles. The Morgan fingerprint density at radius 1 is 1.17 bits per heavy atom. The molecule has 7 heteroatoms. The van der Waals surface area contributed by atoms with E-state index in [1.165, 1.54) is 51.3 Å². The zero-order valence-corrected chi connectivity index (χ0v) is 19.3. The van der Waals surface area contributed by atoms with E-state index in [1.807, 2.05) is 33.7 Å². The number of carbonyl (C=O) groups excluding carboxylic acids is 1. The number of carbonyl (C=O) groups is 1. The summed E-state index contributed by atoms with van der Waals surface area (Å²) < 4.78 is 0. The number of anilines is 1. The van der Waals surface area contributed by atoms with E-state index in [0.29, 0.717) is 5.92 Å². The van der Waals surface area contributed by atoms with E-state index in [-0.39, 0.29) is 5.91 Å². The van der Waals surface area contributed by atoms with Gasteiger partial charge in [-0.2, -0.15) is 0 Å². The molecule has 5 nitrogen and oxygen atoms in total. The maximum atomic E-state index is 12.7.